The summed E-state index contributed by atoms with van der Waals surface area (Å²) in [5.74, 6) is 0.0124. The van der Waals surface area contributed by atoms with Crippen molar-refractivity contribution in [3.05, 3.63) is 29.8 Å². The molecule has 0 aromatic heterocycles. The zero-order chi connectivity index (χ0) is 14.3. The molecule has 4 nitrogen and oxygen atoms in total. The molecule has 0 bridgehead atoms. The number of hydrogen-bond acceptors (Lipinski definition) is 3. The number of ketones is 1. The van der Waals surface area contributed by atoms with E-state index in [0.29, 0.717) is 12.0 Å². The van der Waals surface area contributed by atoms with Gasteiger partial charge in [0.15, 0.2) is 5.78 Å². The molecule has 0 fully saturated rings. The van der Waals surface area contributed by atoms with E-state index in [1.54, 1.807) is 0 Å². The topological polar surface area (TPSA) is 71.4 Å². The molecule has 0 heterocycles. The molecule has 1 aromatic carbocycles. The fourth-order valence-electron chi connectivity index (χ4n) is 1.85. The van der Waals surface area contributed by atoms with E-state index in [0.717, 1.165) is 19.3 Å². The molecule has 0 radical (unpaired) electrons. The predicted molar refractivity (Wildman–Crippen MR) is 81.1 cm³/mol. The molecule has 0 amide bonds. The fraction of sp³-hybridized carbons (Fsp3) is 0.500. The second kappa shape index (κ2) is 9.68. The van der Waals surface area contributed by atoms with E-state index in [2.05, 4.69) is 6.92 Å². The summed E-state index contributed by atoms with van der Waals surface area (Å²) in [6, 6.07) is 5.38. The molecule has 108 valence electrons. The number of rotatable bonds is 8. The van der Waals surface area contributed by atoms with E-state index in [9.17, 15) is 13.2 Å². The minimum atomic E-state index is -4.18. The Bertz CT molecular complexity index is 508. The summed E-state index contributed by atoms with van der Waals surface area (Å²) in [5.41, 5.74) is 0.489. The average molecular weight is 308 g/mol. The van der Waals surface area contributed by atoms with Gasteiger partial charge in [0.25, 0.3) is 10.1 Å². The first kappa shape index (κ1) is 19.8. The van der Waals surface area contributed by atoms with Crippen LogP contribution in [0.25, 0.3) is 0 Å². The molecule has 0 aliphatic carbocycles. The molecule has 0 aliphatic heterocycles. The van der Waals surface area contributed by atoms with Gasteiger partial charge in [0.2, 0.25) is 0 Å². The Balaban J connectivity index is 0.00000361. The van der Waals surface area contributed by atoms with Crippen LogP contribution in [0.1, 0.15) is 55.8 Å². The van der Waals surface area contributed by atoms with Crippen molar-refractivity contribution in [3.8, 4) is 0 Å². The Labute approximate surface area is 143 Å². The number of carbonyl (C=O) groups is 1. The maximum atomic E-state index is 11.8. The van der Waals surface area contributed by atoms with Crippen LogP contribution in [0.5, 0.6) is 0 Å². The van der Waals surface area contributed by atoms with Crippen LogP contribution in [0.4, 0.5) is 0 Å². The van der Waals surface area contributed by atoms with Gasteiger partial charge in [-0.2, -0.15) is 8.42 Å². The summed E-state index contributed by atoms with van der Waals surface area (Å²) in [7, 11) is -4.18. The Morgan fingerprint density at radius 2 is 1.60 bits per heavy atom. The molecule has 0 saturated carbocycles. The molecular weight excluding hydrogens is 287 g/mol. The Hall–Kier alpha value is -0.200. The van der Waals surface area contributed by atoms with Crippen LogP contribution in [-0.4, -0.2) is 48.3 Å². The van der Waals surface area contributed by atoms with Gasteiger partial charge in [-0.25, -0.2) is 0 Å². The van der Waals surface area contributed by atoms with Gasteiger partial charge in [0, 0.05) is 12.0 Å². The summed E-state index contributed by atoms with van der Waals surface area (Å²) >= 11 is 0. The van der Waals surface area contributed by atoms with Crippen LogP contribution in [0.2, 0.25) is 0 Å². The molecule has 0 unspecified atom stereocenters. The van der Waals surface area contributed by atoms with E-state index in [1.807, 2.05) is 0 Å². The molecule has 0 saturated heterocycles. The molecule has 0 aliphatic rings. The third-order valence-corrected chi connectivity index (χ3v) is 3.85. The number of benzene rings is 1. The van der Waals surface area contributed by atoms with Gasteiger partial charge in [-0.15, -0.1) is 0 Å². The number of Topliss-reactive ketones (excluding diaryl/α,β-unsaturated/α-hetero) is 1. The van der Waals surface area contributed by atoms with Gasteiger partial charge in [-0.05, 0) is 18.6 Å². The molecule has 1 rings (SSSR count). The van der Waals surface area contributed by atoms with Crippen molar-refractivity contribution < 1.29 is 17.8 Å². The molecular formula is C14H21NaO4S. The van der Waals surface area contributed by atoms with Crippen LogP contribution in [-0.2, 0) is 10.1 Å². The first-order valence-corrected chi connectivity index (χ1v) is 8.00. The van der Waals surface area contributed by atoms with E-state index in [-0.39, 0.29) is 40.2 Å². The summed E-state index contributed by atoms with van der Waals surface area (Å²) in [5, 5.41) is 0. The molecule has 0 spiro atoms. The normalized spacial score (nSPS) is 10.9. The fourth-order valence-corrected chi connectivity index (χ4v) is 2.33. The van der Waals surface area contributed by atoms with Gasteiger partial charge < -0.3 is 0 Å². The van der Waals surface area contributed by atoms with Crippen LogP contribution in [0, 0.1) is 0 Å². The molecule has 0 atom stereocenters. The Morgan fingerprint density at radius 3 is 2.10 bits per heavy atom. The van der Waals surface area contributed by atoms with Crippen molar-refractivity contribution in [1.82, 2.24) is 0 Å². The molecule has 6 heteroatoms. The zero-order valence-electron chi connectivity index (χ0n) is 11.1. The molecule has 20 heavy (non-hydrogen) atoms. The summed E-state index contributed by atoms with van der Waals surface area (Å²) in [6.45, 7) is 2.14. The van der Waals surface area contributed by atoms with E-state index in [1.165, 1.54) is 37.1 Å². The summed E-state index contributed by atoms with van der Waals surface area (Å²) in [6.07, 6.45) is 5.89. The first-order chi connectivity index (χ1) is 8.95. The van der Waals surface area contributed by atoms with Crippen LogP contribution in [0.3, 0.4) is 0 Å². The van der Waals surface area contributed by atoms with E-state index in [4.69, 9.17) is 4.55 Å². The van der Waals surface area contributed by atoms with Crippen molar-refractivity contribution in [2.24, 2.45) is 0 Å². The monoisotopic (exact) mass is 308 g/mol. The van der Waals surface area contributed by atoms with Gasteiger partial charge in [0.05, 0.1) is 4.90 Å². The molecule has 1 aromatic rings. The van der Waals surface area contributed by atoms with Crippen molar-refractivity contribution in [2.45, 2.75) is 50.3 Å². The minimum absolute atomic E-state index is 0. The average Bonchev–Trinajstić information content (AvgIpc) is 2.37. The van der Waals surface area contributed by atoms with Gasteiger partial charge in [-0.1, -0.05) is 44.7 Å². The second-order valence-electron chi connectivity index (χ2n) is 4.59. The third kappa shape index (κ3) is 6.99. The van der Waals surface area contributed by atoms with Crippen LogP contribution < -0.4 is 0 Å². The van der Waals surface area contributed by atoms with Crippen LogP contribution >= 0.6 is 0 Å². The van der Waals surface area contributed by atoms with Gasteiger partial charge in [0.1, 0.15) is 0 Å². The van der Waals surface area contributed by atoms with Crippen molar-refractivity contribution in [1.29, 1.82) is 0 Å². The number of carbonyl (C=O) groups excluding carboxylic acids is 1. The van der Waals surface area contributed by atoms with Crippen LogP contribution in [0.15, 0.2) is 29.2 Å². The Morgan fingerprint density at radius 1 is 1.05 bits per heavy atom. The van der Waals surface area contributed by atoms with Gasteiger partial charge >= 0.3 is 29.6 Å². The molecule has 1 N–H and O–H groups in total. The zero-order valence-corrected chi connectivity index (χ0v) is 11.9. The van der Waals surface area contributed by atoms with Crippen molar-refractivity contribution >= 4 is 45.5 Å². The van der Waals surface area contributed by atoms with Crippen molar-refractivity contribution in [2.75, 3.05) is 0 Å². The standard InChI is InChI=1S/C14H20O4S.Na.H/c1-2-3-4-5-6-7-14(15)12-8-10-13(11-9-12)19(16,17)18;;/h8-11H,2-7H2,1H3,(H,16,17,18);;. The maximum absolute atomic E-state index is 11.8. The quantitative estimate of drug-likeness (QED) is 0.347. The summed E-state index contributed by atoms with van der Waals surface area (Å²) < 4.78 is 30.5. The second-order valence-corrected chi connectivity index (χ2v) is 6.01. The SMILES string of the molecule is CCCCCCCC(=O)c1ccc(S(=O)(=O)O)cc1.[NaH]. The number of unbranched alkanes of at least 4 members (excludes halogenated alkanes) is 4. The summed E-state index contributed by atoms with van der Waals surface area (Å²) in [4.78, 5) is 11.6. The van der Waals surface area contributed by atoms with Gasteiger partial charge in [-0.3, -0.25) is 9.35 Å². The Kier molecular flexibility index (Phi) is 9.59. The van der Waals surface area contributed by atoms with E-state index >= 15 is 0 Å². The number of hydrogen-bond donors (Lipinski definition) is 1. The first-order valence-electron chi connectivity index (χ1n) is 6.56. The third-order valence-electron chi connectivity index (χ3n) is 2.98. The van der Waals surface area contributed by atoms with E-state index < -0.39 is 10.1 Å². The van der Waals surface area contributed by atoms with Crippen molar-refractivity contribution in [3.63, 3.8) is 0 Å². The predicted octanol–water partition coefficient (Wildman–Crippen LogP) is 2.83.